The first-order chi connectivity index (χ1) is 7.50. The first kappa shape index (κ1) is 11.1. The molecule has 0 unspecified atom stereocenters. The van der Waals surface area contributed by atoms with E-state index in [1.165, 1.54) is 29.2 Å². The molecule has 0 bridgehead atoms. The predicted octanol–water partition coefficient (Wildman–Crippen LogP) is 1.17. The second-order valence-electron chi connectivity index (χ2n) is 3.10. The molecule has 16 heavy (non-hydrogen) atoms. The number of para-hydroxylation sites is 1. The van der Waals surface area contributed by atoms with Crippen LogP contribution in [-0.4, -0.2) is 18.0 Å². The van der Waals surface area contributed by atoms with Gasteiger partial charge in [0.25, 0.3) is 0 Å². The van der Waals surface area contributed by atoms with Crippen LogP contribution in [-0.2, 0) is 10.0 Å². The molecule has 1 aromatic carbocycles. The number of halogens is 1. The van der Waals surface area contributed by atoms with Crippen molar-refractivity contribution < 1.29 is 8.42 Å². The largest absolute Gasteiger partial charge is 0.303 e. The van der Waals surface area contributed by atoms with Crippen LogP contribution in [0.1, 0.15) is 0 Å². The van der Waals surface area contributed by atoms with Crippen molar-refractivity contribution >= 4 is 21.6 Å². The fourth-order valence-corrected chi connectivity index (χ4v) is 2.45. The summed E-state index contributed by atoms with van der Waals surface area (Å²) < 4.78 is 24.3. The van der Waals surface area contributed by atoms with Gasteiger partial charge in [-0.15, -0.1) is 0 Å². The van der Waals surface area contributed by atoms with Crippen LogP contribution in [0.3, 0.4) is 0 Å². The maximum Gasteiger partial charge on any atom is 0.240 e. The molecule has 2 N–H and O–H groups in total. The van der Waals surface area contributed by atoms with Gasteiger partial charge >= 0.3 is 0 Å². The molecule has 2 rings (SSSR count). The van der Waals surface area contributed by atoms with Crippen LogP contribution < -0.4 is 5.14 Å². The second-order valence-corrected chi connectivity index (χ2v) is 5.04. The molecule has 0 amide bonds. The van der Waals surface area contributed by atoms with Gasteiger partial charge in [-0.3, -0.25) is 0 Å². The van der Waals surface area contributed by atoms with E-state index in [1.807, 2.05) is 0 Å². The molecule has 0 aliphatic rings. The SMILES string of the molecule is NS(=O)(=O)c1cccc(Cl)c1-n1ccnc1. The zero-order valence-electron chi connectivity index (χ0n) is 8.04. The van der Waals surface area contributed by atoms with Gasteiger partial charge in [-0.2, -0.15) is 0 Å². The smallest absolute Gasteiger partial charge is 0.240 e. The average Bonchev–Trinajstić information content (AvgIpc) is 2.68. The van der Waals surface area contributed by atoms with Crippen molar-refractivity contribution in [3.63, 3.8) is 0 Å². The van der Waals surface area contributed by atoms with Crippen molar-refractivity contribution in [3.8, 4) is 5.69 Å². The van der Waals surface area contributed by atoms with Crippen LogP contribution >= 0.6 is 11.6 Å². The normalized spacial score (nSPS) is 11.6. The number of sulfonamides is 1. The van der Waals surface area contributed by atoms with Gasteiger partial charge in [0, 0.05) is 12.4 Å². The Kier molecular flexibility index (Phi) is 2.71. The van der Waals surface area contributed by atoms with Crippen LogP contribution in [0.25, 0.3) is 5.69 Å². The number of nitrogens with two attached hydrogens (primary N) is 1. The van der Waals surface area contributed by atoms with Crippen molar-refractivity contribution in [1.29, 1.82) is 0 Å². The maximum absolute atomic E-state index is 11.4. The number of aromatic nitrogens is 2. The van der Waals surface area contributed by atoms with E-state index in [1.54, 1.807) is 12.3 Å². The van der Waals surface area contributed by atoms with Crippen molar-refractivity contribution in [2.24, 2.45) is 5.14 Å². The molecule has 0 spiro atoms. The van der Waals surface area contributed by atoms with E-state index in [4.69, 9.17) is 16.7 Å². The molecule has 0 aliphatic heterocycles. The number of nitrogens with zero attached hydrogens (tertiary/aromatic N) is 2. The van der Waals surface area contributed by atoms with E-state index < -0.39 is 10.0 Å². The number of rotatable bonds is 2. The zero-order valence-corrected chi connectivity index (χ0v) is 9.61. The van der Waals surface area contributed by atoms with Gasteiger partial charge in [0.15, 0.2) is 0 Å². The average molecular weight is 258 g/mol. The van der Waals surface area contributed by atoms with Gasteiger partial charge in [-0.05, 0) is 12.1 Å². The molecule has 5 nitrogen and oxygen atoms in total. The molecule has 0 aliphatic carbocycles. The minimum Gasteiger partial charge on any atom is -0.303 e. The van der Waals surface area contributed by atoms with Crippen LogP contribution in [0.2, 0.25) is 5.02 Å². The summed E-state index contributed by atoms with van der Waals surface area (Å²) in [6.45, 7) is 0. The Morgan fingerprint density at radius 1 is 1.38 bits per heavy atom. The summed E-state index contributed by atoms with van der Waals surface area (Å²) in [5.74, 6) is 0. The topological polar surface area (TPSA) is 78.0 Å². The molecule has 2 aromatic rings. The number of imidazole rings is 1. The third-order valence-electron chi connectivity index (χ3n) is 2.02. The fourth-order valence-electron chi connectivity index (χ4n) is 1.37. The zero-order chi connectivity index (χ0) is 11.8. The van der Waals surface area contributed by atoms with Gasteiger partial charge in [-0.1, -0.05) is 17.7 Å². The number of benzene rings is 1. The van der Waals surface area contributed by atoms with Gasteiger partial charge < -0.3 is 4.57 Å². The Labute approximate surface area is 97.5 Å². The number of hydrogen-bond donors (Lipinski definition) is 1. The molecule has 0 saturated carbocycles. The minimum atomic E-state index is -3.82. The summed E-state index contributed by atoms with van der Waals surface area (Å²) in [6, 6.07) is 4.52. The summed E-state index contributed by atoms with van der Waals surface area (Å²) in [5, 5.41) is 5.41. The number of hydrogen-bond acceptors (Lipinski definition) is 3. The highest BCUT2D eigenvalue weighted by molar-refractivity contribution is 7.89. The third-order valence-corrected chi connectivity index (χ3v) is 3.27. The first-order valence-corrected chi connectivity index (χ1v) is 6.22. The Hall–Kier alpha value is -1.37. The molecule has 7 heteroatoms. The lowest BCUT2D eigenvalue weighted by molar-refractivity contribution is 0.597. The van der Waals surface area contributed by atoms with E-state index >= 15 is 0 Å². The highest BCUT2D eigenvalue weighted by atomic mass is 35.5. The van der Waals surface area contributed by atoms with Crippen molar-refractivity contribution in [2.45, 2.75) is 4.90 Å². The first-order valence-electron chi connectivity index (χ1n) is 4.30. The van der Waals surface area contributed by atoms with E-state index in [9.17, 15) is 8.42 Å². The Balaban J connectivity index is 2.78. The van der Waals surface area contributed by atoms with Crippen molar-refractivity contribution in [2.75, 3.05) is 0 Å². The molecule has 1 heterocycles. The fraction of sp³-hybridized carbons (Fsp3) is 0. The van der Waals surface area contributed by atoms with E-state index in [0.717, 1.165) is 0 Å². The van der Waals surface area contributed by atoms with E-state index in [-0.39, 0.29) is 4.90 Å². The van der Waals surface area contributed by atoms with E-state index in [2.05, 4.69) is 4.98 Å². The molecule has 0 atom stereocenters. The highest BCUT2D eigenvalue weighted by Gasteiger charge is 2.17. The lowest BCUT2D eigenvalue weighted by Crippen LogP contribution is -2.15. The molecular formula is C9H8ClN3O2S. The van der Waals surface area contributed by atoms with Gasteiger partial charge in [-0.25, -0.2) is 18.5 Å². The van der Waals surface area contributed by atoms with Gasteiger partial charge in [0.05, 0.1) is 17.0 Å². The summed E-state index contributed by atoms with van der Waals surface area (Å²) in [6.07, 6.45) is 4.57. The molecule has 84 valence electrons. The third kappa shape index (κ3) is 1.95. The standard InChI is InChI=1S/C9H8ClN3O2S/c10-7-2-1-3-8(16(11,14)15)9(7)13-5-4-12-6-13/h1-6H,(H2,11,14,15). The van der Waals surface area contributed by atoms with E-state index in [0.29, 0.717) is 10.7 Å². The summed E-state index contributed by atoms with van der Waals surface area (Å²) >= 11 is 5.96. The second kappa shape index (κ2) is 3.89. The molecule has 0 fully saturated rings. The highest BCUT2D eigenvalue weighted by Crippen LogP contribution is 2.26. The van der Waals surface area contributed by atoms with Crippen LogP contribution in [0.4, 0.5) is 0 Å². The van der Waals surface area contributed by atoms with Crippen molar-refractivity contribution in [3.05, 3.63) is 41.9 Å². The Bertz CT molecular complexity index is 608. The van der Waals surface area contributed by atoms with Crippen LogP contribution in [0.5, 0.6) is 0 Å². The lowest BCUT2D eigenvalue weighted by Gasteiger charge is -2.09. The molecule has 0 saturated heterocycles. The monoisotopic (exact) mass is 257 g/mol. The summed E-state index contributed by atoms with van der Waals surface area (Å²) in [7, 11) is -3.82. The number of primary sulfonamides is 1. The van der Waals surface area contributed by atoms with Crippen LogP contribution in [0, 0.1) is 0 Å². The van der Waals surface area contributed by atoms with Crippen LogP contribution in [0.15, 0.2) is 41.8 Å². The molecule has 1 aromatic heterocycles. The van der Waals surface area contributed by atoms with Crippen molar-refractivity contribution in [1.82, 2.24) is 9.55 Å². The molecule has 0 radical (unpaired) electrons. The van der Waals surface area contributed by atoms with Gasteiger partial charge in [0.1, 0.15) is 4.90 Å². The van der Waals surface area contributed by atoms with Gasteiger partial charge in [0.2, 0.25) is 10.0 Å². The Morgan fingerprint density at radius 3 is 2.69 bits per heavy atom. The predicted molar refractivity (Wildman–Crippen MR) is 59.9 cm³/mol. The quantitative estimate of drug-likeness (QED) is 0.877. The molecular weight excluding hydrogens is 250 g/mol. The lowest BCUT2D eigenvalue weighted by atomic mass is 10.3. The maximum atomic E-state index is 11.4. The summed E-state index contributed by atoms with van der Waals surface area (Å²) in [4.78, 5) is 3.80. The minimum absolute atomic E-state index is 0.0296. The Morgan fingerprint density at radius 2 is 2.12 bits per heavy atom. The summed E-state index contributed by atoms with van der Waals surface area (Å²) in [5.41, 5.74) is 0.309.